The molecule has 1 N–H and O–H groups in total. The van der Waals surface area contributed by atoms with E-state index in [1.54, 1.807) is 0 Å². The van der Waals surface area contributed by atoms with E-state index in [-0.39, 0.29) is 0 Å². The molecule has 0 aromatic carbocycles. The molecule has 0 aliphatic heterocycles. The van der Waals surface area contributed by atoms with Crippen molar-refractivity contribution in [2.24, 2.45) is 7.05 Å². The second-order valence-electron chi connectivity index (χ2n) is 4.80. The maximum Gasteiger partial charge on any atom is 0.0846 e. The molecular weight excluding hydrogens is 226 g/mol. The maximum absolute atomic E-state index is 10.3. The number of aryl methyl sites for hydroxylation is 4. The van der Waals surface area contributed by atoms with Gasteiger partial charge in [-0.15, -0.1) is 0 Å². The molecule has 2 heterocycles. The van der Waals surface area contributed by atoms with Crippen LogP contribution in [0.15, 0.2) is 18.2 Å². The van der Waals surface area contributed by atoms with Gasteiger partial charge >= 0.3 is 0 Å². The Morgan fingerprint density at radius 2 is 1.72 bits per heavy atom. The summed E-state index contributed by atoms with van der Waals surface area (Å²) in [5, 5.41) is 14.6. The highest BCUT2D eigenvalue weighted by Crippen LogP contribution is 2.19. The number of aromatic nitrogens is 3. The average molecular weight is 245 g/mol. The third-order valence-corrected chi connectivity index (χ3v) is 2.99. The third kappa shape index (κ3) is 2.76. The Morgan fingerprint density at radius 3 is 2.22 bits per heavy atom. The van der Waals surface area contributed by atoms with Gasteiger partial charge in [-0.2, -0.15) is 5.10 Å². The summed E-state index contributed by atoms with van der Waals surface area (Å²) in [6.45, 7) is 5.84. The van der Waals surface area contributed by atoms with Gasteiger partial charge in [-0.3, -0.25) is 9.67 Å². The van der Waals surface area contributed by atoms with Crippen LogP contribution in [0.2, 0.25) is 0 Å². The van der Waals surface area contributed by atoms with Crippen LogP contribution in [0.5, 0.6) is 0 Å². The lowest BCUT2D eigenvalue weighted by atomic mass is 10.0. The fraction of sp³-hybridized carbons (Fsp3) is 0.429. The van der Waals surface area contributed by atoms with Crippen LogP contribution in [-0.4, -0.2) is 19.9 Å². The number of hydrogen-bond donors (Lipinski definition) is 1. The summed E-state index contributed by atoms with van der Waals surface area (Å²) in [5.74, 6) is 0. The average Bonchev–Trinajstić information content (AvgIpc) is 2.56. The number of nitrogens with zero attached hydrogens (tertiary/aromatic N) is 3. The van der Waals surface area contributed by atoms with Gasteiger partial charge in [0.15, 0.2) is 0 Å². The fourth-order valence-electron chi connectivity index (χ4n) is 2.23. The van der Waals surface area contributed by atoms with Crippen molar-refractivity contribution < 1.29 is 5.11 Å². The Morgan fingerprint density at radius 1 is 1.11 bits per heavy atom. The lowest BCUT2D eigenvalue weighted by molar-refractivity contribution is 0.175. The summed E-state index contributed by atoms with van der Waals surface area (Å²) in [5.41, 5.74) is 4.79. The molecule has 0 fully saturated rings. The molecule has 0 amide bonds. The van der Waals surface area contributed by atoms with E-state index in [9.17, 15) is 5.11 Å². The predicted octanol–water partition coefficient (Wildman–Crippen LogP) is 2.02. The molecule has 1 atom stereocenters. The van der Waals surface area contributed by atoms with Gasteiger partial charge in [0.05, 0.1) is 11.8 Å². The van der Waals surface area contributed by atoms with E-state index in [0.717, 1.165) is 28.3 Å². The van der Waals surface area contributed by atoms with Crippen LogP contribution in [0.3, 0.4) is 0 Å². The highest BCUT2D eigenvalue weighted by Gasteiger charge is 2.13. The molecule has 2 aromatic rings. The molecule has 96 valence electrons. The zero-order valence-corrected chi connectivity index (χ0v) is 11.3. The van der Waals surface area contributed by atoms with E-state index in [1.165, 1.54) is 0 Å². The minimum absolute atomic E-state index is 0.514. The molecule has 0 saturated carbocycles. The summed E-state index contributed by atoms with van der Waals surface area (Å²) in [6, 6.07) is 5.87. The molecule has 0 radical (unpaired) electrons. The first-order valence-corrected chi connectivity index (χ1v) is 6.08. The van der Waals surface area contributed by atoms with E-state index < -0.39 is 6.10 Å². The number of hydrogen-bond acceptors (Lipinski definition) is 3. The molecule has 2 aromatic heterocycles. The quantitative estimate of drug-likeness (QED) is 0.900. The van der Waals surface area contributed by atoms with Crippen molar-refractivity contribution in [1.29, 1.82) is 0 Å². The molecular formula is C14H19N3O. The van der Waals surface area contributed by atoms with E-state index in [1.807, 2.05) is 50.7 Å². The van der Waals surface area contributed by atoms with Crippen LogP contribution >= 0.6 is 0 Å². The van der Waals surface area contributed by atoms with Crippen molar-refractivity contribution in [1.82, 2.24) is 14.8 Å². The second-order valence-corrected chi connectivity index (χ2v) is 4.80. The number of pyridine rings is 1. The summed E-state index contributed by atoms with van der Waals surface area (Å²) in [6.07, 6.45) is 0.0560. The van der Waals surface area contributed by atoms with Crippen molar-refractivity contribution in [3.05, 3.63) is 46.5 Å². The minimum atomic E-state index is -0.514. The minimum Gasteiger partial charge on any atom is -0.388 e. The van der Waals surface area contributed by atoms with E-state index in [0.29, 0.717) is 6.42 Å². The SMILES string of the molecule is Cc1cc(C(O)Cc2cc(C)nn2C)cc(C)n1. The molecule has 2 rings (SSSR count). The predicted molar refractivity (Wildman–Crippen MR) is 70.3 cm³/mol. The third-order valence-electron chi connectivity index (χ3n) is 2.99. The normalized spacial score (nSPS) is 12.7. The van der Waals surface area contributed by atoms with E-state index >= 15 is 0 Å². The van der Waals surface area contributed by atoms with Crippen molar-refractivity contribution in [2.45, 2.75) is 33.3 Å². The molecule has 4 heteroatoms. The number of aliphatic hydroxyl groups is 1. The van der Waals surface area contributed by atoms with Crippen LogP contribution in [0.25, 0.3) is 0 Å². The van der Waals surface area contributed by atoms with Gasteiger partial charge in [-0.1, -0.05) is 0 Å². The number of rotatable bonds is 3. The zero-order valence-electron chi connectivity index (χ0n) is 11.3. The van der Waals surface area contributed by atoms with Gasteiger partial charge < -0.3 is 5.11 Å². The largest absolute Gasteiger partial charge is 0.388 e. The summed E-state index contributed by atoms with van der Waals surface area (Å²) < 4.78 is 1.82. The topological polar surface area (TPSA) is 50.9 Å². The van der Waals surface area contributed by atoms with Crippen molar-refractivity contribution >= 4 is 0 Å². The summed E-state index contributed by atoms with van der Waals surface area (Å²) in [4.78, 5) is 4.32. The summed E-state index contributed by atoms with van der Waals surface area (Å²) >= 11 is 0. The smallest absolute Gasteiger partial charge is 0.0846 e. The molecule has 0 spiro atoms. The van der Waals surface area contributed by atoms with Gasteiger partial charge in [0.25, 0.3) is 0 Å². The van der Waals surface area contributed by atoms with Gasteiger partial charge in [0.1, 0.15) is 0 Å². The molecule has 0 aliphatic rings. The number of aliphatic hydroxyl groups excluding tert-OH is 1. The lowest BCUT2D eigenvalue weighted by Gasteiger charge is -2.12. The van der Waals surface area contributed by atoms with Crippen molar-refractivity contribution in [2.75, 3.05) is 0 Å². The maximum atomic E-state index is 10.3. The van der Waals surface area contributed by atoms with Crippen molar-refractivity contribution in [3.63, 3.8) is 0 Å². The Hall–Kier alpha value is -1.68. The zero-order chi connectivity index (χ0) is 13.3. The van der Waals surface area contributed by atoms with Crippen LogP contribution in [0.4, 0.5) is 0 Å². The molecule has 0 saturated heterocycles. The van der Waals surface area contributed by atoms with Crippen LogP contribution in [0.1, 0.15) is 34.4 Å². The van der Waals surface area contributed by atoms with Gasteiger partial charge in [0.2, 0.25) is 0 Å². The standard InChI is InChI=1S/C14H19N3O/c1-9-5-12(6-10(2)15-9)14(18)8-13-7-11(3)16-17(13)4/h5-7,14,18H,8H2,1-4H3. The highest BCUT2D eigenvalue weighted by atomic mass is 16.3. The van der Waals surface area contributed by atoms with Crippen molar-refractivity contribution in [3.8, 4) is 0 Å². The Balaban J connectivity index is 2.21. The highest BCUT2D eigenvalue weighted by molar-refractivity contribution is 5.24. The van der Waals surface area contributed by atoms with Gasteiger partial charge in [-0.25, -0.2) is 0 Å². The molecule has 1 unspecified atom stereocenters. The van der Waals surface area contributed by atoms with Gasteiger partial charge in [-0.05, 0) is 44.5 Å². The molecule has 0 bridgehead atoms. The van der Waals surface area contributed by atoms with Crippen LogP contribution in [-0.2, 0) is 13.5 Å². The molecule has 0 aliphatic carbocycles. The first-order chi connectivity index (χ1) is 8.45. The summed E-state index contributed by atoms with van der Waals surface area (Å²) in [7, 11) is 1.90. The molecule has 18 heavy (non-hydrogen) atoms. The first-order valence-electron chi connectivity index (χ1n) is 6.08. The monoisotopic (exact) mass is 245 g/mol. The van der Waals surface area contributed by atoms with Crippen LogP contribution < -0.4 is 0 Å². The van der Waals surface area contributed by atoms with E-state index in [4.69, 9.17) is 0 Å². The van der Waals surface area contributed by atoms with Gasteiger partial charge in [0, 0.05) is 30.6 Å². The Labute approximate surface area is 107 Å². The lowest BCUT2D eigenvalue weighted by Crippen LogP contribution is -2.07. The fourth-order valence-corrected chi connectivity index (χ4v) is 2.23. The van der Waals surface area contributed by atoms with E-state index in [2.05, 4.69) is 10.1 Å². The first kappa shape index (κ1) is 12.8. The second kappa shape index (κ2) is 4.90. The molecule has 4 nitrogen and oxygen atoms in total. The van der Waals surface area contributed by atoms with Crippen LogP contribution in [0, 0.1) is 20.8 Å². The Bertz CT molecular complexity index is 540. The Kier molecular flexibility index (Phi) is 3.48.